The second-order valence-electron chi connectivity index (χ2n) is 4.69. The topological polar surface area (TPSA) is 58.6 Å². The Labute approximate surface area is 120 Å². The van der Waals surface area contributed by atoms with Crippen molar-refractivity contribution in [2.45, 2.75) is 19.4 Å². The Kier molecular flexibility index (Phi) is 4.85. The number of nitrogens with zero attached hydrogens (tertiary/aromatic N) is 1. The lowest BCUT2D eigenvalue weighted by atomic mass is 10.1. The Hall–Kier alpha value is -2.02. The van der Waals surface area contributed by atoms with Gasteiger partial charge in [-0.2, -0.15) is 0 Å². The highest BCUT2D eigenvalue weighted by molar-refractivity contribution is 5.94. The van der Waals surface area contributed by atoms with Crippen molar-refractivity contribution in [3.63, 3.8) is 0 Å². The molecule has 1 atom stereocenters. The van der Waals surface area contributed by atoms with E-state index in [0.717, 1.165) is 12.1 Å². The van der Waals surface area contributed by atoms with Crippen LogP contribution in [0.4, 0.5) is 14.5 Å². The molecule has 0 spiro atoms. The number of cyclic esters (lactones) is 1. The van der Waals surface area contributed by atoms with Crippen LogP contribution >= 0.6 is 0 Å². The molecule has 1 saturated heterocycles. The number of amides is 1. The van der Waals surface area contributed by atoms with E-state index < -0.39 is 29.6 Å². The zero-order chi connectivity index (χ0) is 15.4. The van der Waals surface area contributed by atoms with Crippen LogP contribution in [0.1, 0.15) is 13.3 Å². The third-order valence-electron chi connectivity index (χ3n) is 3.32. The summed E-state index contributed by atoms with van der Waals surface area (Å²) in [5.41, 5.74) is 0.145. The van der Waals surface area contributed by atoms with Crippen LogP contribution < -0.4 is 5.32 Å². The first-order valence-electron chi connectivity index (χ1n) is 6.67. The van der Waals surface area contributed by atoms with Gasteiger partial charge in [-0.15, -0.1) is 0 Å². The van der Waals surface area contributed by atoms with Gasteiger partial charge in [0.2, 0.25) is 5.91 Å². The van der Waals surface area contributed by atoms with Crippen molar-refractivity contribution in [1.82, 2.24) is 4.90 Å². The first-order chi connectivity index (χ1) is 10.0. The molecule has 1 aromatic rings. The molecule has 114 valence electrons. The molecule has 0 radical (unpaired) electrons. The summed E-state index contributed by atoms with van der Waals surface area (Å²) in [6, 6.07) is 2.43. The molecule has 0 aliphatic carbocycles. The number of carbonyl (C=O) groups is 2. The monoisotopic (exact) mass is 298 g/mol. The van der Waals surface area contributed by atoms with Crippen LogP contribution in [0.2, 0.25) is 0 Å². The molecule has 2 rings (SSSR count). The summed E-state index contributed by atoms with van der Waals surface area (Å²) in [4.78, 5) is 25.5. The highest BCUT2D eigenvalue weighted by atomic mass is 19.2. The van der Waals surface area contributed by atoms with Crippen molar-refractivity contribution < 1.29 is 23.1 Å². The summed E-state index contributed by atoms with van der Waals surface area (Å²) in [5, 5.41) is 2.44. The Balaban J connectivity index is 1.99. The van der Waals surface area contributed by atoms with E-state index in [-0.39, 0.29) is 12.1 Å². The second-order valence-corrected chi connectivity index (χ2v) is 4.69. The van der Waals surface area contributed by atoms with Crippen LogP contribution in [-0.4, -0.2) is 42.5 Å². The molecule has 1 N–H and O–H groups in total. The van der Waals surface area contributed by atoms with Gasteiger partial charge in [0.15, 0.2) is 11.6 Å². The smallest absolute Gasteiger partial charge is 0.323 e. The third-order valence-corrected chi connectivity index (χ3v) is 3.32. The molecular weight excluding hydrogens is 282 g/mol. The van der Waals surface area contributed by atoms with Gasteiger partial charge in [0.05, 0.1) is 6.42 Å². The van der Waals surface area contributed by atoms with Crippen LogP contribution in [-0.2, 0) is 14.3 Å². The predicted molar refractivity (Wildman–Crippen MR) is 71.6 cm³/mol. The maximum atomic E-state index is 13.1. The van der Waals surface area contributed by atoms with Gasteiger partial charge >= 0.3 is 5.97 Å². The van der Waals surface area contributed by atoms with Gasteiger partial charge in [-0.05, 0) is 18.7 Å². The van der Waals surface area contributed by atoms with Gasteiger partial charge in [-0.3, -0.25) is 14.5 Å². The highest BCUT2D eigenvalue weighted by Crippen LogP contribution is 2.16. The Bertz CT molecular complexity index is 551. The van der Waals surface area contributed by atoms with Gasteiger partial charge < -0.3 is 10.1 Å². The fourth-order valence-corrected chi connectivity index (χ4v) is 2.22. The largest absolute Gasteiger partial charge is 0.463 e. The quantitative estimate of drug-likeness (QED) is 0.857. The summed E-state index contributed by atoms with van der Waals surface area (Å²) in [6.07, 6.45) is -0.0916. The van der Waals surface area contributed by atoms with E-state index in [0.29, 0.717) is 19.7 Å². The molecule has 0 saturated carbocycles. The lowest BCUT2D eigenvalue weighted by Gasteiger charge is -2.32. The standard InChI is InChI=1S/C14H16F2N2O3/c1-2-18-5-6-21-14(20)12(18)8-13(19)17-9-3-4-10(15)11(16)7-9/h3-4,7,12H,2,5-6,8H2,1H3,(H,17,19). The van der Waals surface area contributed by atoms with Crippen LogP contribution in [0.25, 0.3) is 0 Å². The number of hydrogen-bond donors (Lipinski definition) is 1. The summed E-state index contributed by atoms with van der Waals surface area (Å²) in [7, 11) is 0. The number of halogens is 2. The third kappa shape index (κ3) is 3.75. The van der Waals surface area contributed by atoms with E-state index in [1.807, 2.05) is 11.8 Å². The summed E-state index contributed by atoms with van der Waals surface area (Å²) in [6.45, 7) is 3.40. The van der Waals surface area contributed by atoms with Gasteiger partial charge in [0, 0.05) is 18.3 Å². The van der Waals surface area contributed by atoms with Gasteiger partial charge in [-0.1, -0.05) is 6.92 Å². The number of likely N-dealkylation sites (N-methyl/N-ethyl adjacent to an activating group) is 1. The fourth-order valence-electron chi connectivity index (χ4n) is 2.22. The van der Waals surface area contributed by atoms with Crippen LogP contribution in [0.3, 0.4) is 0 Å². The molecule has 1 amide bonds. The van der Waals surface area contributed by atoms with Crippen molar-refractivity contribution in [1.29, 1.82) is 0 Å². The van der Waals surface area contributed by atoms with E-state index in [2.05, 4.69) is 5.32 Å². The molecule has 1 aliphatic heterocycles. The number of benzene rings is 1. The Morgan fingerprint density at radius 1 is 1.43 bits per heavy atom. The number of ether oxygens (including phenoxy) is 1. The fraction of sp³-hybridized carbons (Fsp3) is 0.429. The number of morpholine rings is 1. The number of hydrogen-bond acceptors (Lipinski definition) is 4. The minimum Gasteiger partial charge on any atom is -0.463 e. The van der Waals surface area contributed by atoms with Crippen molar-refractivity contribution in [3.8, 4) is 0 Å². The van der Waals surface area contributed by atoms with E-state index in [1.54, 1.807) is 0 Å². The number of anilines is 1. The van der Waals surface area contributed by atoms with Crippen LogP contribution in [0.15, 0.2) is 18.2 Å². The van der Waals surface area contributed by atoms with Gasteiger partial charge in [0.1, 0.15) is 12.6 Å². The first-order valence-corrected chi connectivity index (χ1v) is 6.67. The zero-order valence-electron chi connectivity index (χ0n) is 11.6. The summed E-state index contributed by atoms with van der Waals surface area (Å²) in [5.74, 6) is -2.92. The minimum absolute atomic E-state index is 0.0916. The number of carbonyl (C=O) groups excluding carboxylic acids is 2. The van der Waals surface area contributed by atoms with Crippen LogP contribution in [0, 0.1) is 11.6 Å². The first kappa shape index (κ1) is 15.4. The maximum Gasteiger partial charge on any atom is 0.323 e. The highest BCUT2D eigenvalue weighted by Gasteiger charge is 2.32. The summed E-state index contributed by atoms with van der Waals surface area (Å²) >= 11 is 0. The SMILES string of the molecule is CCN1CCOC(=O)C1CC(=O)Nc1ccc(F)c(F)c1. The normalized spacial score (nSPS) is 19.2. The lowest BCUT2D eigenvalue weighted by Crippen LogP contribution is -2.50. The second kappa shape index (κ2) is 6.62. The van der Waals surface area contributed by atoms with E-state index >= 15 is 0 Å². The van der Waals surface area contributed by atoms with Crippen molar-refractivity contribution in [3.05, 3.63) is 29.8 Å². The Morgan fingerprint density at radius 3 is 2.86 bits per heavy atom. The van der Waals surface area contributed by atoms with Crippen LogP contribution in [0.5, 0.6) is 0 Å². The van der Waals surface area contributed by atoms with Gasteiger partial charge in [0.25, 0.3) is 0 Å². The minimum atomic E-state index is -1.04. The molecule has 1 aliphatic rings. The van der Waals surface area contributed by atoms with E-state index in [1.165, 1.54) is 6.07 Å². The summed E-state index contributed by atoms with van der Waals surface area (Å²) < 4.78 is 30.8. The van der Waals surface area contributed by atoms with Crippen molar-refractivity contribution in [2.24, 2.45) is 0 Å². The van der Waals surface area contributed by atoms with E-state index in [9.17, 15) is 18.4 Å². The van der Waals surface area contributed by atoms with Gasteiger partial charge in [-0.25, -0.2) is 8.78 Å². The average Bonchev–Trinajstić information content (AvgIpc) is 2.45. The molecule has 1 fully saturated rings. The molecule has 0 aromatic heterocycles. The molecule has 1 unspecified atom stereocenters. The lowest BCUT2D eigenvalue weighted by molar-refractivity contribution is -0.158. The molecule has 21 heavy (non-hydrogen) atoms. The molecule has 0 bridgehead atoms. The van der Waals surface area contributed by atoms with E-state index in [4.69, 9.17) is 4.74 Å². The van der Waals surface area contributed by atoms with Crippen molar-refractivity contribution >= 4 is 17.6 Å². The molecule has 5 nitrogen and oxygen atoms in total. The molecular formula is C14H16F2N2O3. The van der Waals surface area contributed by atoms with Crippen molar-refractivity contribution in [2.75, 3.05) is 25.0 Å². The zero-order valence-corrected chi connectivity index (χ0v) is 11.6. The molecule has 7 heteroatoms. The molecule has 1 aromatic carbocycles. The molecule has 1 heterocycles. The number of rotatable bonds is 4. The predicted octanol–water partition coefficient (Wildman–Crippen LogP) is 1.54. The Morgan fingerprint density at radius 2 is 2.19 bits per heavy atom. The number of nitrogens with one attached hydrogen (secondary N) is 1. The maximum absolute atomic E-state index is 13.1. The number of esters is 1. The average molecular weight is 298 g/mol.